The van der Waals surface area contributed by atoms with Crippen LogP contribution in [0.5, 0.6) is 0 Å². The Morgan fingerprint density at radius 1 is 1.33 bits per heavy atom. The summed E-state index contributed by atoms with van der Waals surface area (Å²) in [4.78, 5) is 18.9. The SMILES string of the molecule is NC(=O)c1cc2c(s1)C(CCN1CC=C(c3c[nH]c4cc(F)ccc34)CC1)OCC2. The number of nitrogens with one attached hydrogen (secondary N) is 1. The lowest BCUT2D eigenvalue weighted by Crippen LogP contribution is -2.31. The van der Waals surface area contributed by atoms with Gasteiger partial charge in [0.2, 0.25) is 0 Å². The average Bonchev–Trinajstić information content (AvgIpc) is 3.37. The first-order valence-electron chi connectivity index (χ1n) is 10.3. The minimum atomic E-state index is -0.359. The number of fused-ring (bicyclic) bond motifs is 2. The summed E-state index contributed by atoms with van der Waals surface area (Å²) in [5.74, 6) is -0.580. The number of aromatic amines is 1. The van der Waals surface area contributed by atoms with Gasteiger partial charge in [-0.2, -0.15) is 0 Å². The molecule has 0 bridgehead atoms. The van der Waals surface area contributed by atoms with Crippen molar-refractivity contribution in [2.24, 2.45) is 5.73 Å². The molecule has 4 heterocycles. The van der Waals surface area contributed by atoms with Crippen LogP contribution in [0.25, 0.3) is 16.5 Å². The lowest BCUT2D eigenvalue weighted by molar-refractivity contribution is 0.0329. The normalized spacial score (nSPS) is 19.6. The van der Waals surface area contributed by atoms with Gasteiger partial charge in [0.1, 0.15) is 5.82 Å². The monoisotopic (exact) mass is 425 g/mol. The van der Waals surface area contributed by atoms with E-state index in [1.807, 2.05) is 18.3 Å². The Morgan fingerprint density at radius 2 is 2.23 bits per heavy atom. The second-order valence-electron chi connectivity index (χ2n) is 7.93. The molecule has 0 spiro atoms. The van der Waals surface area contributed by atoms with Gasteiger partial charge in [-0.05, 0) is 54.7 Å². The zero-order chi connectivity index (χ0) is 20.7. The van der Waals surface area contributed by atoms with Gasteiger partial charge in [0.05, 0.1) is 17.6 Å². The molecule has 3 N–H and O–H groups in total. The number of thiophene rings is 1. The van der Waals surface area contributed by atoms with E-state index in [1.165, 1.54) is 34.1 Å². The fourth-order valence-electron chi connectivity index (χ4n) is 4.46. The largest absolute Gasteiger partial charge is 0.372 e. The molecule has 0 fully saturated rings. The molecule has 1 amide bonds. The predicted molar refractivity (Wildman–Crippen MR) is 117 cm³/mol. The van der Waals surface area contributed by atoms with Crippen LogP contribution in [-0.2, 0) is 11.2 Å². The maximum Gasteiger partial charge on any atom is 0.258 e. The van der Waals surface area contributed by atoms with Crippen LogP contribution in [0.3, 0.4) is 0 Å². The first-order chi connectivity index (χ1) is 14.6. The summed E-state index contributed by atoms with van der Waals surface area (Å²) >= 11 is 1.48. The summed E-state index contributed by atoms with van der Waals surface area (Å²) in [6, 6.07) is 6.84. The van der Waals surface area contributed by atoms with Crippen molar-refractivity contribution in [3.05, 3.63) is 63.2 Å². The van der Waals surface area contributed by atoms with Crippen LogP contribution in [0, 0.1) is 5.82 Å². The van der Waals surface area contributed by atoms with Crippen LogP contribution in [0.15, 0.2) is 36.5 Å². The molecule has 0 radical (unpaired) electrons. The molecule has 1 atom stereocenters. The van der Waals surface area contributed by atoms with Crippen molar-refractivity contribution in [1.82, 2.24) is 9.88 Å². The molecule has 0 saturated carbocycles. The molecule has 3 aromatic rings. The third-order valence-electron chi connectivity index (χ3n) is 6.06. The highest BCUT2D eigenvalue weighted by Crippen LogP contribution is 2.37. The van der Waals surface area contributed by atoms with Gasteiger partial charge in [-0.25, -0.2) is 4.39 Å². The van der Waals surface area contributed by atoms with Crippen molar-refractivity contribution in [3.63, 3.8) is 0 Å². The Hall–Kier alpha value is -2.48. The fraction of sp³-hybridized carbons (Fsp3) is 0.348. The molecule has 2 aliphatic rings. The summed E-state index contributed by atoms with van der Waals surface area (Å²) in [6.45, 7) is 3.50. The summed E-state index contributed by atoms with van der Waals surface area (Å²) in [6.07, 6.45) is 7.02. The molecule has 5 rings (SSSR count). The molecule has 0 saturated heterocycles. The molecule has 5 nitrogen and oxygen atoms in total. The topological polar surface area (TPSA) is 71.4 Å². The van der Waals surface area contributed by atoms with Crippen molar-refractivity contribution >= 4 is 33.7 Å². The van der Waals surface area contributed by atoms with E-state index in [4.69, 9.17) is 10.5 Å². The van der Waals surface area contributed by atoms with Gasteiger partial charge in [-0.1, -0.05) is 6.08 Å². The highest BCUT2D eigenvalue weighted by Gasteiger charge is 2.26. The molecule has 1 aromatic carbocycles. The zero-order valence-corrected chi connectivity index (χ0v) is 17.4. The van der Waals surface area contributed by atoms with E-state index in [2.05, 4.69) is 16.0 Å². The zero-order valence-electron chi connectivity index (χ0n) is 16.6. The van der Waals surface area contributed by atoms with E-state index in [-0.39, 0.29) is 17.8 Å². The van der Waals surface area contributed by atoms with Gasteiger partial charge in [0, 0.05) is 47.2 Å². The van der Waals surface area contributed by atoms with Gasteiger partial charge < -0.3 is 15.5 Å². The van der Waals surface area contributed by atoms with Crippen LogP contribution >= 0.6 is 11.3 Å². The summed E-state index contributed by atoms with van der Waals surface area (Å²) in [5, 5.41) is 1.07. The number of rotatable bonds is 5. The minimum absolute atomic E-state index is 0.0424. The number of H-pyrrole nitrogens is 1. The maximum atomic E-state index is 13.4. The molecular formula is C23H24FN3O2S. The second kappa shape index (κ2) is 7.98. The van der Waals surface area contributed by atoms with Gasteiger partial charge in [0.25, 0.3) is 5.91 Å². The standard InChI is InChI=1S/C23H24FN3O2S/c24-16-1-2-17-18(13-26-19(17)12-16)14-3-7-27(8-4-14)9-5-20-22-15(6-10-29-20)11-21(30-22)23(25)28/h1-3,11-13,20,26H,4-10H2,(H2,25,28). The third kappa shape index (κ3) is 3.69. The van der Waals surface area contributed by atoms with Gasteiger partial charge in [0.15, 0.2) is 0 Å². The van der Waals surface area contributed by atoms with E-state index in [9.17, 15) is 9.18 Å². The Labute approximate surface area is 178 Å². The highest BCUT2D eigenvalue weighted by molar-refractivity contribution is 7.14. The van der Waals surface area contributed by atoms with Gasteiger partial charge in [-0.15, -0.1) is 11.3 Å². The number of nitrogens with zero attached hydrogens (tertiary/aromatic N) is 1. The summed E-state index contributed by atoms with van der Waals surface area (Å²) in [7, 11) is 0. The number of halogens is 1. The van der Waals surface area contributed by atoms with Crippen molar-refractivity contribution in [1.29, 1.82) is 0 Å². The van der Waals surface area contributed by atoms with E-state index in [1.54, 1.807) is 6.07 Å². The quantitative estimate of drug-likeness (QED) is 0.642. The molecule has 2 aliphatic heterocycles. The van der Waals surface area contributed by atoms with Crippen LogP contribution < -0.4 is 5.73 Å². The van der Waals surface area contributed by atoms with Crippen molar-refractivity contribution in [2.45, 2.75) is 25.4 Å². The number of primary amides is 1. The van der Waals surface area contributed by atoms with Gasteiger partial charge >= 0.3 is 0 Å². The number of benzene rings is 1. The Balaban J connectivity index is 1.24. The Morgan fingerprint density at radius 3 is 3.03 bits per heavy atom. The number of hydrogen-bond acceptors (Lipinski definition) is 4. The number of nitrogens with two attached hydrogens (primary N) is 1. The second-order valence-corrected chi connectivity index (χ2v) is 9.02. The number of carbonyl (C=O) groups is 1. The first kappa shape index (κ1) is 19.5. The number of carbonyl (C=O) groups excluding carboxylic acids is 1. The fourth-order valence-corrected chi connectivity index (χ4v) is 5.60. The van der Waals surface area contributed by atoms with Crippen LogP contribution in [-0.4, -0.2) is 42.0 Å². The van der Waals surface area contributed by atoms with Crippen LogP contribution in [0.4, 0.5) is 4.39 Å². The highest BCUT2D eigenvalue weighted by atomic mass is 32.1. The predicted octanol–water partition coefficient (Wildman–Crippen LogP) is 4.26. The molecule has 30 heavy (non-hydrogen) atoms. The number of ether oxygens (including phenoxy) is 1. The summed E-state index contributed by atoms with van der Waals surface area (Å²) < 4.78 is 19.4. The van der Waals surface area contributed by atoms with Crippen LogP contribution in [0.1, 0.15) is 44.6 Å². The molecule has 0 aliphatic carbocycles. The van der Waals surface area contributed by atoms with E-state index in [0.29, 0.717) is 11.5 Å². The first-order valence-corrected chi connectivity index (χ1v) is 11.1. The summed E-state index contributed by atoms with van der Waals surface area (Å²) in [5.41, 5.74) is 9.98. The molecule has 7 heteroatoms. The Kier molecular flexibility index (Phi) is 5.18. The van der Waals surface area contributed by atoms with Crippen LogP contribution in [0.2, 0.25) is 0 Å². The molecule has 1 unspecified atom stereocenters. The molecule has 156 valence electrons. The lowest BCUT2D eigenvalue weighted by atomic mass is 9.98. The molecule has 2 aromatic heterocycles. The van der Waals surface area contributed by atoms with Crippen molar-refractivity contribution in [2.75, 3.05) is 26.2 Å². The van der Waals surface area contributed by atoms with Crippen molar-refractivity contribution < 1.29 is 13.9 Å². The number of amides is 1. The maximum absolute atomic E-state index is 13.4. The average molecular weight is 426 g/mol. The van der Waals surface area contributed by atoms with E-state index < -0.39 is 0 Å². The van der Waals surface area contributed by atoms with Crippen molar-refractivity contribution in [3.8, 4) is 0 Å². The minimum Gasteiger partial charge on any atom is -0.372 e. The third-order valence-corrected chi connectivity index (χ3v) is 7.34. The number of aromatic nitrogens is 1. The smallest absolute Gasteiger partial charge is 0.258 e. The number of hydrogen-bond donors (Lipinski definition) is 2. The lowest BCUT2D eigenvalue weighted by Gasteiger charge is -2.29. The Bertz CT molecular complexity index is 1130. The van der Waals surface area contributed by atoms with E-state index in [0.717, 1.165) is 54.7 Å². The van der Waals surface area contributed by atoms with Gasteiger partial charge in [-0.3, -0.25) is 9.69 Å². The molecular weight excluding hydrogens is 401 g/mol. The van der Waals surface area contributed by atoms with E-state index >= 15 is 0 Å².